The maximum Gasteiger partial charge on any atom is 0.330 e. The van der Waals surface area contributed by atoms with Gasteiger partial charge in [-0.1, -0.05) is 18.2 Å². The summed E-state index contributed by atoms with van der Waals surface area (Å²) in [4.78, 5) is 36.1. The first-order valence-corrected chi connectivity index (χ1v) is 9.35. The molecule has 1 N–H and O–H groups in total. The third kappa shape index (κ3) is 5.36. The van der Waals surface area contributed by atoms with Crippen LogP contribution in [-0.4, -0.2) is 15.0 Å². The Kier molecular flexibility index (Phi) is 6.48. The molecule has 8 heteroatoms. The molecule has 0 fully saturated rings. The zero-order chi connectivity index (χ0) is 22.4. The van der Waals surface area contributed by atoms with Gasteiger partial charge in [0.2, 0.25) is 5.91 Å². The van der Waals surface area contributed by atoms with Gasteiger partial charge in [0, 0.05) is 38.1 Å². The molecule has 156 valence electrons. The fourth-order valence-corrected chi connectivity index (χ4v) is 2.86. The molecule has 0 atom stereocenters. The summed E-state index contributed by atoms with van der Waals surface area (Å²) >= 11 is 0. The summed E-state index contributed by atoms with van der Waals surface area (Å²) in [6, 6.07) is 16.1. The number of hydrogen-bond acceptors (Lipinski definition) is 5. The Labute approximate surface area is 178 Å². The van der Waals surface area contributed by atoms with Gasteiger partial charge in [-0.15, -0.1) is 0 Å². The summed E-state index contributed by atoms with van der Waals surface area (Å²) in [5.41, 5.74) is 1.23. The molecule has 8 nitrogen and oxygen atoms in total. The normalized spacial score (nSPS) is 10.6. The van der Waals surface area contributed by atoms with Gasteiger partial charge in [0.25, 0.3) is 5.56 Å². The van der Waals surface area contributed by atoms with E-state index in [2.05, 4.69) is 11.4 Å². The molecule has 0 unspecified atom stereocenters. The van der Waals surface area contributed by atoms with E-state index >= 15 is 0 Å². The highest BCUT2D eigenvalue weighted by Crippen LogP contribution is 2.19. The van der Waals surface area contributed by atoms with Crippen molar-refractivity contribution in [2.75, 3.05) is 5.32 Å². The maximum atomic E-state index is 12.2. The Hall–Kier alpha value is -4.38. The van der Waals surface area contributed by atoms with E-state index in [9.17, 15) is 14.4 Å². The lowest BCUT2D eigenvalue weighted by molar-refractivity contribution is -0.111. The monoisotopic (exact) mass is 416 g/mol. The number of carbonyl (C=O) groups is 1. The van der Waals surface area contributed by atoms with Gasteiger partial charge in [-0.3, -0.25) is 14.2 Å². The van der Waals surface area contributed by atoms with Crippen molar-refractivity contribution in [1.29, 1.82) is 5.26 Å². The van der Waals surface area contributed by atoms with Crippen LogP contribution in [-0.2, 0) is 25.5 Å². The standard InChI is InChI=1S/C23H20N4O4/c1-26-14-18(22(29)27(2)23(26)30)9-10-21(28)25-19-7-4-8-20(12-19)31-15-17-6-3-5-16(11-17)13-24/h3-12,14H,15H2,1-2H3,(H,25,28)/b10-9+. The lowest BCUT2D eigenvalue weighted by Gasteiger charge is -2.09. The van der Waals surface area contributed by atoms with Crippen LogP contribution in [0.3, 0.4) is 0 Å². The van der Waals surface area contributed by atoms with Crippen LogP contribution in [0.5, 0.6) is 5.75 Å². The molecule has 0 aliphatic rings. The minimum absolute atomic E-state index is 0.219. The Balaban J connectivity index is 1.66. The van der Waals surface area contributed by atoms with Crippen LogP contribution in [0.15, 0.2) is 70.4 Å². The average Bonchev–Trinajstić information content (AvgIpc) is 2.78. The van der Waals surface area contributed by atoms with Crippen LogP contribution < -0.4 is 21.3 Å². The minimum Gasteiger partial charge on any atom is -0.489 e. The molecule has 1 amide bonds. The van der Waals surface area contributed by atoms with Gasteiger partial charge >= 0.3 is 5.69 Å². The molecule has 2 aromatic carbocycles. The van der Waals surface area contributed by atoms with Crippen molar-refractivity contribution in [2.45, 2.75) is 6.61 Å². The number of benzene rings is 2. The van der Waals surface area contributed by atoms with E-state index in [-0.39, 0.29) is 12.2 Å². The molecule has 0 saturated carbocycles. The third-order valence-electron chi connectivity index (χ3n) is 4.45. The third-order valence-corrected chi connectivity index (χ3v) is 4.45. The van der Waals surface area contributed by atoms with Crippen LogP contribution in [0.4, 0.5) is 5.69 Å². The number of carbonyl (C=O) groups excluding carboxylic acids is 1. The number of nitrogens with zero attached hydrogens (tertiary/aromatic N) is 3. The number of nitrogens with one attached hydrogen (secondary N) is 1. The second-order valence-corrected chi connectivity index (χ2v) is 6.79. The zero-order valence-corrected chi connectivity index (χ0v) is 17.0. The van der Waals surface area contributed by atoms with Gasteiger partial charge in [0.1, 0.15) is 12.4 Å². The van der Waals surface area contributed by atoms with Crippen molar-refractivity contribution < 1.29 is 9.53 Å². The summed E-state index contributed by atoms with van der Waals surface area (Å²) < 4.78 is 7.99. The summed E-state index contributed by atoms with van der Waals surface area (Å²) in [5, 5.41) is 11.7. The van der Waals surface area contributed by atoms with Crippen LogP contribution in [0.25, 0.3) is 6.08 Å². The van der Waals surface area contributed by atoms with E-state index in [0.717, 1.165) is 10.1 Å². The van der Waals surface area contributed by atoms with Gasteiger partial charge in [-0.25, -0.2) is 4.79 Å². The smallest absolute Gasteiger partial charge is 0.330 e. The minimum atomic E-state index is -0.483. The number of nitriles is 1. The molecule has 0 aliphatic carbocycles. The fraction of sp³-hybridized carbons (Fsp3) is 0.130. The molecule has 1 heterocycles. The molecule has 31 heavy (non-hydrogen) atoms. The second-order valence-electron chi connectivity index (χ2n) is 6.79. The van der Waals surface area contributed by atoms with E-state index in [4.69, 9.17) is 10.00 Å². The number of ether oxygens (including phenoxy) is 1. The number of aromatic nitrogens is 2. The average molecular weight is 416 g/mol. The predicted octanol–water partition coefficient (Wildman–Crippen LogP) is 2.19. The van der Waals surface area contributed by atoms with E-state index in [0.29, 0.717) is 17.0 Å². The molecular weight excluding hydrogens is 396 g/mol. The largest absolute Gasteiger partial charge is 0.489 e. The quantitative estimate of drug-likeness (QED) is 0.620. The lowest BCUT2D eigenvalue weighted by atomic mass is 10.1. The summed E-state index contributed by atoms with van der Waals surface area (Å²) in [6.45, 7) is 0.281. The molecule has 3 rings (SSSR count). The predicted molar refractivity (Wildman–Crippen MR) is 117 cm³/mol. The molecule has 0 spiro atoms. The Morgan fingerprint density at radius 1 is 1.16 bits per heavy atom. The van der Waals surface area contributed by atoms with Crippen molar-refractivity contribution in [3.63, 3.8) is 0 Å². The van der Waals surface area contributed by atoms with E-state index < -0.39 is 17.2 Å². The first-order chi connectivity index (χ1) is 14.9. The van der Waals surface area contributed by atoms with Crippen molar-refractivity contribution in [3.05, 3.63) is 98.3 Å². The second kappa shape index (κ2) is 9.41. The fourth-order valence-electron chi connectivity index (χ4n) is 2.86. The lowest BCUT2D eigenvalue weighted by Crippen LogP contribution is -2.37. The first-order valence-electron chi connectivity index (χ1n) is 9.35. The van der Waals surface area contributed by atoms with Crippen LogP contribution in [0.1, 0.15) is 16.7 Å². The highest BCUT2D eigenvalue weighted by molar-refractivity contribution is 6.01. The van der Waals surface area contributed by atoms with Crippen molar-refractivity contribution in [2.24, 2.45) is 14.1 Å². The number of amides is 1. The van der Waals surface area contributed by atoms with Gasteiger partial charge in [-0.2, -0.15) is 5.26 Å². The van der Waals surface area contributed by atoms with Crippen LogP contribution in [0.2, 0.25) is 0 Å². The SMILES string of the molecule is Cn1cc(/C=C/C(=O)Nc2cccc(OCc3cccc(C#N)c3)c2)c(=O)n(C)c1=O. The van der Waals surface area contributed by atoms with E-state index in [1.807, 2.05) is 6.07 Å². The molecule has 0 bridgehead atoms. The molecule has 0 radical (unpaired) electrons. The Morgan fingerprint density at radius 2 is 1.94 bits per heavy atom. The van der Waals surface area contributed by atoms with Crippen LogP contribution in [0, 0.1) is 11.3 Å². The topological polar surface area (TPSA) is 106 Å². The summed E-state index contributed by atoms with van der Waals surface area (Å²) in [6.07, 6.45) is 3.96. The number of anilines is 1. The van der Waals surface area contributed by atoms with Gasteiger partial charge < -0.3 is 14.6 Å². The van der Waals surface area contributed by atoms with Gasteiger partial charge in [0.05, 0.1) is 17.2 Å². The van der Waals surface area contributed by atoms with Crippen molar-refractivity contribution in [3.8, 4) is 11.8 Å². The van der Waals surface area contributed by atoms with Gasteiger partial charge in [-0.05, 0) is 35.9 Å². The zero-order valence-electron chi connectivity index (χ0n) is 17.0. The Bertz CT molecular complexity index is 1310. The van der Waals surface area contributed by atoms with Crippen molar-refractivity contribution in [1.82, 2.24) is 9.13 Å². The molecule has 3 aromatic rings. The first kappa shape index (κ1) is 21.3. The van der Waals surface area contributed by atoms with Crippen molar-refractivity contribution >= 4 is 17.7 Å². The summed E-state index contributed by atoms with van der Waals surface area (Å²) in [5.74, 6) is 0.117. The van der Waals surface area contributed by atoms with E-state index in [1.165, 1.54) is 37.0 Å². The molecule has 1 aromatic heterocycles. The Morgan fingerprint density at radius 3 is 2.71 bits per heavy atom. The highest BCUT2D eigenvalue weighted by Gasteiger charge is 2.06. The number of hydrogen-bond donors (Lipinski definition) is 1. The summed E-state index contributed by atoms with van der Waals surface area (Å²) in [7, 11) is 2.91. The maximum absolute atomic E-state index is 12.2. The molecule has 0 saturated heterocycles. The van der Waals surface area contributed by atoms with Crippen LogP contribution >= 0.6 is 0 Å². The highest BCUT2D eigenvalue weighted by atomic mass is 16.5. The molecular formula is C23H20N4O4. The molecule has 0 aliphatic heterocycles. The van der Waals surface area contributed by atoms with E-state index in [1.54, 1.807) is 42.5 Å². The number of aryl methyl sites for hydroxylation is 1. The van der Waals surface area contributed by atoms with Gasteiger partial charge in [0.15, 0.2) is 0 Å². The number of rotatable bonds is 6.